The van der Waals surface area contributed by atoms with E-state index in [0.29, 0.717) is 30.9 Å². The fourth-order valence-corrected chi connectivity index (χ4v) is 5.54. The standard InChI is InChI=1S/C17H21N3O4S2/c1-13-11-15(7-8-17(13)25(21,22)18-2)26(23,24)20-10-9-19-12-14-5-3-4-6-16(14)20/h3-8,11,18-19H,9-10,12H2,1-2H3. The molecule has 0 saturated carbocycles. The van der Waals surface area contributed by atoms with Crippen molar-refractivity contribution in [3.8, 4) is 0 Å². The fraction of sp³-hybridized carbons (Fsp3) is 0.294. The number of nitrogens with one attached hydrogen (secondary N) is 2. The molecule has 0 atom stereocenters. The zero-order valence-electron chi connectivity index (χ0n) is 14.6. The second kappa shape index (κ2) is 6.99. The van der Waals surface area contributed by atoms with Gasteiger partial charge in [0.15, 0.2) is 0 Å². The molecule has 2 N–H and O–H groups in total. The predicted octanol–water partition coefficient (Wildman–Crippen LogP) is 1.20. The van der Waals surface area contributed by atoms with Crippen molar-refractivity contribution in [1.29, 1.82) is 0 Å². The third kappa shape index (κ3) is 3.35. The highest BCUT2D eigenvalue weighted by Crippen LogP contribution is 2.29. The summed E-state index contributed by atoms with van der Waals surface area (Å²) in [7, 11) is -6.13. The summed E-state index contributed by atoms with van der Waals surface area (Å²) in [6, 6.07) is 11.4. The van der Waals surface area contributed by atoms with Crippen LogP contribution >= 0.6 is 0 Å². The second-order valence-electron chi connectivity index (χ2n) is 6.02. The molecule has 1 aliphatic rings. The lowest BCUT2D eigenvalue weighted by atomic mass is 10.2. The predicted molar refractivity (Wildman–Crippen MR) is 100 cm³/mol. The second-order valence-corrected chi connectivity index (χ2v) is 9.73. The van der Waals surface area contributed by atoms with Gasteiger partial charge in [-0.1, -0.05) is 18.2 Å². The van der Waals surface area contributed by atoms with Crippen LogP contribution in [0.25, 0.3) is 0 Å². The fourth-order valence-electron chi connectivity index (χ4n) is 3.00. The quantitative estimate of drug-likeness (QED) is 0.811. The number of rotatable bonds is 4. The third-order valence-corrected chi connectivity index (χ3v) is 7.74. The monoisotopic (exact) mass is 395 g/mol. The Hall–Kier alpha value is -1.94. The normalized spacial score (nSPS) is 15.4. The first-order valence-corrected chi connectivity index (χ1v) is 11.1. The molecule has 0 unspecified atom stereocenters. The summed E-state index contributed by atoms with van der Waals surface area (Å²) in [6.07, 6.45) is 0. The zero-order valence-corrected chi connectivity index (χ0v) is 16.2. The minimum absolute atomic E-state index is 0.0666. The van der Waals surface area contributed by atoms with Crippen LogP contribution in [0.5, 0.6) is 0 Å². The van der Waals surface area contributed by atoms with Crippen molar-refractivity contribution in [2.75, 3.05) is 24.4 Å². The molecule has 0 spiro atoms. The molecule has 0 fully saturated rings. The maximum atomic E-state index is 13.2. The van der Waals surface area contributed by atoms with Gasteiger partial charge in [0.2, 0.25) is 10.0 Å². The molecular weight excluding hydrogens is 374 g/mol. The van der Waals surface area contributed by atoms with E-state index in [2.05, 4.69) is 10.0 Å². The molecule has 2 aromatic rings. The molecule has 7 nitrogen and oxygen atoms in total. The van der Waals surface area contributed by atoms with E-state index >= 15 is 0 Å². The largest absolute Gasteiger partial charge is 0.311 e. The average molecular weight is 396 g/mol. The summed E-state index contributed by atoms with van der Waals surface area (Å²) in [4.78, 5) is 0.138. The van der Waals surface area contributed by atoms with Gasteiger partial charge in [0, 0.05) is 19.6 Å². The molecule has 2 aromatic carbocycles. The molecule has 1 aliphatic heterocycles. The molecule has 9 heteroatoms. The molecule has 0 aliphatic carbocycles. The van der Waals surface area contributed by atoms with Crippen LogP contribution in [0.3, 0.4) is 0 Å². The van der Waals surface area contributed by atoms with Gasteiger partial charge in [-0.05, 0) is 49.4 Å². The van der Waals surface area contributed by atoms with Crippen LogP contribution in [0.2, 0.25) is 0 Å². The van der Waals surface area contributed by atoms with Crippen molar-refractivity contribution in [3.63, 3.8) is 0 Å². The van der Waals surface area contributed by atoms with Gasteiger partial charge in [-0.15, -0.1) is 0 Å². The van der Waals surface area contributed by atoms with E-state index in [1.807, 2.05) is 12.1 Å². The maximum Gasteiger partial charge on any atom is 0.264 e. The molecule has 0 amide bonds. The number of hydrogen-bond acceptors (Lipinski definition) is 5. The van der Waals surface area contributed by atoms with E-state index in [1.165, 1.54) is 29.6 Å². The molecule has 1 heterocycles. The smallest absolute Gasteiger partial charge is 0.264 e. The number of para-hydroxylation sites is 1. The molecule has 0 saturated heterocycles. The van der Waals surface area contributed by atoms with Gasteiger partial charge in [0.05, 0.1) is 15.5 Å². The van der Waals surface area contributed by atoms with Gasteiger partial charge >= 0.3 is 0 Å². The highest BCUT2D eigenvalue weighted by molar-refractivity contribution is 7.93. The van der Waals surface area contributed by atoms with Crippen LogP contribution in [0, 0.1) is 6.92 Å². The third-order valence-electron chi connectivity index (χ3n) is 4.36. The highest BCUT2D eigenvalue weighted by Gasteiger charge is 2.29. The summed E-state index contributed by atoms with van der Waals surface area (Å²) in [5.41, 5.74) is 1.92. The van der Waals surface area contributed by atoms with Gasteiger partial charge in [-0.2, -0.15) is 0 Å². The van der Waals surface area contributed by atoms with Gasteiger partial charge in [0.1, 0.15) is 0 Å². The van der Waals surface area contributed by atoms with Crippen molar-refractivity contribution in [2.45, 2.75) is 23.3 Å². The first kappa shape index (κ1) is 18.8. The molecule has 0 aromatic heterocycles. The van der Waals surface area contributed by atoms with Crippen LogP contribution in [0.4, 0.5) is 5.69 Å². The van der Waals surface area contributed by atoms with Crippen LogP contribution in [0.1, 0.15) is 11.1 Å². The Morgan fingerprint density at radius 2 is 1.81 bits per heavy atom. The van der Waals surface area contributed by atoms with E-state index in [-0.39, 0.29) is 9.79 Å². The number of nitrogens with zero attached hydrogens (tertiary/aromatic N) is 1. The summed E-state index contributed by atoms with van der Waals surface area (Å²) < 4.78 is 54.1. The highest BCUT2D eigenvalue weighted by atomic mass is 32.2. The van der Waals surface area contributed by atoms with Crippen LogP contribution in [0.15, 0.2) is 52.3 Å². The minimum atomic E-state index is -3.81. The van der Waals surface area contributed by atoms with Crippen molar-refractivity contribution >= 4 is 25.7 Å². The molecule has 0 bridgehead atoms. The van der Waals surface area contributed by atoms with Gasteiger partial charge in [-0.3, -0.25) is 4.31 Å². The Morgan fingerprint density at radius 1 is 1.08 bits per heavy atom. The van der Waals surface area contributed by atoms with Gasteiger partial charge in [-0.25, -0.2) is 21.6 Å². The molecule has 0 radical (unpaired) electrons. The zero-order chi connectivity index (χ0) is 18.9. The van der Waals surface area contributed by atoms with Crippen LogP contribution in [-0.4, -0.2) is 37.0 Å². The van der Waals surface area contributed by atoms with Crippen LogP contribution in [-0.2, 0) is 26.6 Å². The van der Waals surface area contributed by atoms with E-state index in [9.17, 15) is 16.8 Å². The number of sulfonamides is 2. The lowest BCUT2D eigenvalue weighted by Crippen LogP contribution is -2.34. The van der Waals surface area contributed by atoms with Crippen molar-refractivity contribution in [2.24, 2.45) is 0 Å². The minimum Gasteiger partial charge on any atom is -0.311 e. The summed E-state index contributed by atoms with van der Waals surface area (Å²) >= 11 is 0. The lowest BCUT2D eigenvalue weighted by molar-refractivity contribution is 0.584. The Morgan fingerprint density at radius 3 is 2.50 bits per heavy atom. The Kier molecular flexibility index (Phi) is 5.07. The summed E-state index contributed by atoms with van der Waals surface area (Å²) in [6.45, 7) is 3.01. The number of hydrogen-bond donors (Lipinski definition) is 2. The summed E-state index contributed by atoms with van der Waals surface area (Å²) in [5, 5.41) is 3.21. The lowest BCUT2D eigenvalue weighted by Gasteiger charge is -2.24. The van der Waals surface area contributed by atoms with E-state index in [1.54, 1.807) is 19.1 Å². The first-order chi connectivity index (χ1) is 12.3. The SMILES string of the molecule is CNS(=O)(=O)c1ccc(S(=O)(=O)N2CCNCc3ccccc32)cc1C. The van der Waals surface area contributed by atoms with E-state index in [4.69, 9.17) is 0 Å². The molecular formula is C17H21N3O4S2. The molecule has 140 valence electrons. The number of benzene rings is 2. The Labute approximate surface area is 154 Å². The van der Waals surface area contributed by atoms with Gasteiger partial charge < -0.3 is 5.32 Å². The van der Waals surface area contributed by atoms with Gasteiger partial charge in [0.25, 0.3) is 10.0 Å². The Bertz CT molecular complexity index is 1030. The number of aryl methyl sites for hydroxylation is 1. The van der Waals surface area contributed by atoms with Crippen LogP contribution < -0.4 is 14.3 Å². The number of anilines is 1. The molecule has 26 heavy (non-hydrogen) atoms. The van der Waals surface area contributed by atoms with Crippen molar-refractivity contribution in [1.82, 2.24) is 10.0 Å². The van der Waals surface area contributed by atoms with Crippen molar-refractivity contribution < 1.29 is 16.8 Å². The molecule has 3 rings (SSSR count). The number of fused-ring (bicyclic) bond motifs is 1. The van der Waals surface area contributed by atoms with E-state index in [0.717, 1.165) is 5.56 Å². The first-order valence-electron chi connectivity index (χ1n) is 8.13. The van der Waals surface area contributed by atoms with E-state index < -0.39 is 20.0 Å². The van der Waals surface area contributed by atoms with Crippen molar-refractivity contribution in [3.05, 3.63) is 53.6 Å². The Balaban J connectivity index is 2.08. The maximum absolute atomic E-state index is 13.2. The topological polar surface area (TPSA) is 95.6 Å². The summed E-state index contributed by atoms with van der Waals surface area (Å²) in [5.74, 6) is 0. The average Bonchev–Trinajstić information content (AvgIpc) is 2.84.